The van der Waals surface area contributed by atoms with Gasteiger partial charge in [-0.05, 0) is 74.2 Å². The van der Waals surface area contributed by atoms with Gasteiger partial charge in [0.2, 0.25) is 0 Å². The Kier molecular flexibility index (Phi) is 3.01. The number of fused-ring (bicyclic) bond motifs is 6. The molecule has 3 saturated carbocycles. The van der Waals surface area contributed by atoms with Gasteiger partial charge in [0.1, 0.15) is 5.60 Å². The first-order valence-electron chi connectivity index (χ1n) is 9.76. The SMILES string of the molecule is C#C[C@]1(O)CC[C@@H]2[C@@H]3CCC4=Cc5oncc5C[C@]4(C)[C@H]3CC[C@@]21C. The summed E-state index contributed by atoms with van der Waals surface area (Å²) in [7, 11) is 0. The molecule has 4 aliphatic carbocycles. The molecule has 0 aliphatic heterocycles. The number of nitrogens with zero attached hydrogens (tertiary/aromatic N) is 1. The molecule has 0 aromatic carbocycles. The molecule has 0 bridgehead atoms. The average Bonchev–Trinajstić information content (AvgIpc) is 3.14. The third-order valence-corrected chi connectivity index (χ3v) is 8.67. The van der Waals surface area contributed by atoms with E-state index < -0.39 is 5.60 Å². The Labute approximate surface area is 149 Å². The Morgan fingerprint density at radius 2 is 2.04 bits per heavy atom. The van der Waals surface area contributed by atoms with Crippen LogP contribution in [0.4, 0.5) is 0 Å². The van der Waals surface area contributed by atoms with Crippen molar-refractivity contribution in [2.24, 2.45) is 28.6 Å². The summed E-state index contributed by atoms with van der Waals surface area (Å²) in [6.45, 7) is 4.71. The van der Waals surface area contributed by atoms with E-state index in [0.29, 0.717) is 17.8 Å². The third-order valence-electron chi connectivity index (χ3n) is 8.67. The van der Waals surface area contributed by atoms with Gasteiger partial charge in [-0.15, -0.1) is 6.42 Å². The van der Waals surface area contributed by atoms with E-state index in [1.807, 2.05) is 6.20 Å². The maximum atomic E-state index is 11.1. The first-order chi connectivity index (χ1) is 11.9. The Hall–Kier alpha value is -1.53. The Morgan fingerprint density at radius 1 is 1.24 bits per heavy atom. The lowest BCUT2D eigenvalue weighted by atomic mass is 9.46. The van der Waals surface area contributed by atoms with Crippen molar-refractivity contribution < 1.29 is 9.63 Å². The normalized spacial score (nSPS) is 47.8. The van der Waals surface area contributed by atoms with E-state index in [0.717, 1.165) is 44.3 Å². The van der Waals surface area contributed by atoms with Crippen molar-refractivity contribution in [1.29, 1.82) is 0 Å². The van der Waals surface area contributed by atoms with Gasteiger partial charge in [-0.2, -0.15) is 0 Å². The Morgan fingerprint density at radius 3 is 2.84 bits per heavy atom. The lowest BCUT2D eigenvalue weighted by molar-refractivity contribution is -0.0975. The molecule has 3 nitrogen and oxygen atoms in total. The van der Waals surface area contributed by atoms with E-state index in [-0.39, 0.29) is 10.8 Å². The fraction of sp³-hybridized carbons (Fsp3) is 0.682. The standard InChI is InChI=1S/C22H27NO2/c1-4-22(24)10-8-18-16-6-5-15-11-19-14(13-23-25-19)12-20(15,2)17(16)7-9-21(18,22)3/h1,11,13,16-18,24H,5-10,12H2,2-3H3/t16-,17+,18-,20+,21+,22+/m1/s1. The smallest absolute Gasteiger partial charge is 0.162 e. The van der Waals surface area contributed by atoms with Crippen LogP contribution >= 0.6 is 0 Å². The molecule has 0 unspecified atom stereocenters. The topological polar surface area (TPSA) is 46.3 Å². The minimum atomic E-state index is -0.909. The van der Waals surface area contributed by atoms with Crippen molar-refractivity contribution in [3.63, 3.8) is 0 Å². The van der Waals surface area contributed by atoms with Crippen LogP contribution in [0, 0.1) is 40.9 Å². The van der Waals surface area contributed by atoms with Crippen LogP contribution < -0.4 is 0 Å². The highest BCUT2D eigenvalue weighted by Crippen LogP contribution is 2.67. The molecule has 0 radical (unpaired) electrons. The minimum Gasteiger partial charge on any atom is -0.377 e. The molecule has 0 spiro atoms. The van der Waals surface area contributed by atoms with Gasteiger partial charge < -0.3 is 9.63 Å². The predicted octanol–water partition coefficient (Wildman–Crippen LogP) is 4.22. The van der Waals surface area contributed by atoms with E-state index >= 15 is 0 Å². The summed E-state index contributed by atoms with van der Waals surface area (Å²) >= 11 is 0. The second-order valence-corrected chi connectivity index (χ2v) is 9.39. The molecule has 1 aromatic rings. The van der Waals surface area contributed by atoms with Crippen LogP contribution in [0.15, 0.2) is 16.3 Å². The summed E-state index contributed by atoms with van der Waals surface area (Å²) in [5.41, 5.74) is 1.99. The number of aromatic nitrogens is 1. The summed E-state index contributed by atoms with van der Waals surface area (Å²) in [5, 5.41) is 15.1. The van der Waals surface area contributed by atoms with Gasteiger partial charge in [-0.3, -0.25) is 0 Å². The first kappa shape index (κ1) is 15.7. The molecule has 3 heteroatoms. The zero-order chi connectivity index (χ0) is 17.4. The summed E-state index contributed by atoms with van der Waals surface area (Å²) in [4.78, 5) is 0. The van der Waals surface area contributed by atoms with E-state index in [2.05, 4.69) is 31.0 Å². The van der Waals surface area contributed by atoms with E-state index in [9.17, 15) is 5.11 Å². The quantitative estimate of drug-likeness (QED) is 0.721. The van der Waals surface area contributed by atoms with Crippen molar-refractivity contribution in [3.8, 4) is 12.3 Å². The summed E-state index contributed by atoms with van der Waals surface area (Å²) < 4.78 is 5.43. The number of hydrogen-bond acceptors (Lipinski definition) is 3. The zero-order valence-electron chi connectivity index (χ0n) is 15.2. The molecule has 3 fully saturated rings. The summed E-state index contributed by atoms with van der Waals surface area (Å²) in [5.74, 6) is 5.64. The van der Waals surface area contributed by atoms with Gasteiger partial charge in [0, 0.05) is 11.0 Å². The van der Waals surface area contributed by atoms with Crippen molar-refractivity contribution in [2.45, 2.75) is 64.4 Å². The highest BCUT2D eigenvalue weighted by atomic mass is 16.5. The lowest BCUT2D eigenvalue weighted by Gasteiger charge is -2.58. The number of allylic oxidation sites excluding steroid dienone is 1. The van der Waals surface area contributed by atoms with Gasteiger partial charge in [0.25, 0.3) is 0 Å². The van der Waals surface area contributed by atoms with Gasteiger partial charge in [-0.25, -0.2) is 0 Å². The van der Waals surface area contributed by atoms with Crippen LogP contribution in [0.5, 0.6) is 0 Å². The summed E-state index contributed by atoms with van der Waals surface area (Å²) in [6.07, 6.45) is 17.4. The number of hydrogen-bond donors (Lipinski definition) is 1. The van der Waals surface area contributed by atoms with Crippen molar-refractivity contribution >= 4 is 6.08 Å². The van der Waals surface area contributed by atoms with Crippen LogP contribution in [0.25, 0.3) is 6.08 Å². The van der Waals surface area contributed by atoms with Crippen LogP contribution in [-0.4, -0.2) is 15.9 Å². The van der Waals surface area contributed by atoms with Crippen molar-refractivity contribution in [3.05, 3.63) is 23.1 Å². The molecule has 1 heterocycles. The monoisotopic (exact) mass is 337 g/mol. The molecule has 5 rings (SSSR count). The molecule has 0 saturated heterocycles. The molecule has 4 aliphatic rings. The minimum absolute atomic E-state index is 0.114. The maximum Gasteiger partial charge on any atom is 0.162 e. The molecule has 1 aromatic heterocycles. The fourth-order valence-electron chi connectivity index (χ4n) is 7.14. The van der Waals surface area contributed by atoms with Crippen molar-refractivity contribution in [1.82, 2.24) is 5.16 Å². The van der Waals surface area contributed by atoms with Crippen LogP contribution in [0.3, 0.4) is 0 Å². The van der Waals surface area contributed by atoms with E-state index in [1.54, 1.807) is 5.57 Å². The highest BCUT2D eigenvalue weighted by Gasteiger charge is 2.63. The third kappa shape index (κ3) is 1.79. The van der Waals surface area contributed by atoms with E-state index in [4.69, 9.17) is 10.9 Å². The molecule has 132 valence electrons. The van der Waals surface area contributed by atoms with E-state index in [1.165, 1.54) is 12.0 Å². The van der Waals surface area contributed by atoms with Crippen LogP contribution in [0.2, 0.25) is 0 Å². The Bertz CT molecular complexity index is 801. The van der Waals surface area contributed by atoms with Crippen LogP contribution in [0.1, 0.15) is 63.7 Å². The molecule has 1 N–H and O–H groups in total. The number of terminal acetylenes is 1. The maximum absolute atomic E-state index is 11.1. The molecule has 6 atom stereocenters. The molecule has 25 heavy (non-hydrogen) atoms. The second-order valence-electron chi connectivity index (χ2n) is 9.39. The molecular weight excluding hydrogens is 310 g/mol. The largest absolute Gasteiger partial charge is 0.377 e. The first-order valence-corrected chi connectivity index (χ1v) is 9.76. The molecular formula is C22H27NO2. The Balaban J connectivity index is 1.53. The van der Waals surface area contributed by atoms with Gasteiger partial charge in [0.15, 0.2) is 5.76 Å². The molecule has 0 amide bonds. The highest BCUT2D eigenvalue weighted by molar-refractivity contribution is 5.57. The second kappa shape index (κ2) is 4.80. The van der Waals surface area contributed by atoms with Gasteiger partial charge in [0.05, 0.1) is 6.20 Å². The zero-order valence-corrected chi connectivity index (χ0v) is 15.2. The summed E-state index contributed by atoms with van der Waals surface area (Å²) in [6, 6.07) is 0. The fourth-order valence-corrected chi connectivity index (χ4v) is 7.14. The predicted molar refractivity (Wildman–Crippen MR) is 96.4 cm³/mol. The van der Waals surface area contributed by atoms with Gasteiger partial charge >= 0.3 is 0 Å². The number of aliphatic hydroxyl groups is 1. The number of rotatable bonds is 0. The van der Waals surface area contributed by atoms with Crippen molar-refractivity contribution in [2.75, 3.05) is 0 Å². The van der Waals surface area contributed by atoms with Gasteiger partial charge in [-0.1, -0.05) is 30.5 Å². The van der Waals surface area contributed by atoms with Crippen LogP contribution in [-0.2, 0) is 6.42 Å². The average molecular weight is 337 g/mol. The lowest BCUT2D eigenvalue weighted by Crippen LogP contribution is -2.54.